The normalized spacial score (nSPS) is 12.2. The molecule has 0 fully saturated rings. The van der Waals surface area contributed by atoms with Crippen molar-refractivity contribution in [3.05, 3.63) is 59.2 Å². The van der Waals surface area contributed by atoms with E-state index in [1.165, 1.54) is 21.6 Å². The summed E-state index contributed by atoms with van der Waals surface area (Å²) in [5.74, 6) is 1.92. The van der Waals surface area contributed by atoms with Gasteiger partial charge >= 0.3 is 0 Å². The topological polar surface area (TPSA) is 21.3 Å². The van der Waals surface area contributed by atoms with Crippen LogP contribution in [0, 0.1) is 13.8 Å². The second-order valence-corrected chi connectivity index (χ2v) is 6.28. The van der Waals surface area contributed by atoms with Crippen LogP contribution in [0.15, 0.2) is 47.4 Å². The van der Waals surface area contributed by atoms with Crippen LogP contribution >= 0.6 is 11.8 Å². The molecule has 0 amide bonds. The Bertz CT molecular complexity index is 598. The van der Waals surface area contributed by atoms with Crippen molar-refractivity contribution in [2.75, 3.05) is 19.9 Å². The molecule has 0 aromatic heterocycles. The minimum atomic E-state index is 0.335. The van der Waals surface area contributed by atoms with Gasteiger partial charge in [-0.05, 0) is 56.3 Å². The Hall–Kier alpha value is -1.45. The molecule has 3 heteroatoms. The fourth-order valence-electron chi connectivity index (χ4n) is 2.38. The van der Waals surface area contributed by atoms with Crippen LogP contribution in [0.25, 0.3) is 0 Å². The third kappa shape index (κ3) is 4.26. The molecule has 0 saturated heterocycles. The standard InChI is InChI=1S/C18H23NOS/c1-13-6-5-7-16(10-13)21-12-18(19-3)17-9-8-15(20-4)11-14(17)2/h5-11,18-19H,12H2,1-4H3. The van der Waals surface area contributed by atoms with Gasteiger partial charge in [-0.1, -0.05) is 23.8 Å². The van der Waals surface area contributed by atoms with Crippen LogP contribution < -0.4 is 10.1 Å². The Labute approximate surface area is 131 Å². The van der Waals surface area contributed by atoms with Crippen LogP contribution in [-0.4, -0.2) is 19.9 Å². The molecule has 112 valence electrons. The molecule has 1 atom stereocenters. The monoisotopic (exact) mass is 301 g/mol. The molecule has 0 aliphatic rings. The van der Waals surface area contributed by atoms with Gasteiger partial charge in [0.2, 0.25) is 0 Å². The minimum absolute atomic E-state index is 0.335. The molecule has 2 aromatic carbocycles. The highest BCUT2D eigenvalue weighted by atomic mass is 32.2. The van der Waals surface area contributed by atoms with E-state index in [1.54, 1.807) is 7.11 Å². The molecule has 0 heterocycles. The van der Waals surface area contributed by atoms with Gasteiger partial charge in [-0.25, -0.2) is 0 Å². The third-order valence-electron chi connectivity index (χ3n) is 3.61. The lowest BCUT2D eigenvalue weighted by Gasteiger charge is -2.19. The first kappa shape index (κ1) is 15.9. The summed E-state index contributed by atoms with van der Waals surface area (Å²) in [6.45, 7) is 4.27. The highest BCUT2D eigenvalue weighted by Crippen LogP contribution is 2.28. The maximum absolute atomic E-state index is 5.28. The number of thioether (sulfide) groups is 1. The zero-order valence-corrected chi connectivity index (χ0v) is 14.0. The lowest BCUT2D eigenvalue weighted by Crippen LogP contribution is -2.19. The molecule has 0 aliphatic heterocycles. The van der Waals surface area contributed by atoms with E-state index in [9.17, 15) is 0 Å². The summed E-state index contributed by atoms with van der Waals surface area (Å²) >= 11 is 1.89. The molecule has 0 radical (unpaired) electrons. The van der Waals surface area contributed by atoms with Crippen molar-refractivity contribution in [3.8, 4) is 5.75 Å². The molecule has 0 spiro atoms. The number of hydrogen-bond acceptors (Lipinski definition) is 3. The summed E-state index contributed by atoms with van der Waals surface area (Å²) in [6, 6.07) is 15.3. The number of methoxy groups -OCH3 is 1. The lowest BCUT2D eigenvalue weighted by molar-refractivity contribution is 0.414. The molecule has 0 bridgehead atoms. The highest BCUT2D eigenvalue weighted by Gasteiger charge is 2.13. The van der Waals surface area contributed by atoms with Crippen LogP contribution in [0.1, 0.15) is 22.7 Å². The van der Waals surface area contributed by atoms with E-state index < -0.39 is 0 Å². The van der Waals surface area contributed by atoms with Gasteiger partial charge in [-0.3, -0.25) is 0 Å². The predicted octanol–water partition coefficient (Wildman–Crippen LogP) is 4.36. The Morgan fingerprint density at radius 3 is 2.57 bits per heavy atom. The van der Waals surface area contributed by atoms with Crippen LogP contribution in [-0.2, 0) is 0 Å². The van der Waals surface area contributed by atoms with Crippen LogP contribution in [0.3, 0.4) is 0 Å². The first-order valence-electron chi connectivity index (χ1n) is 7.15. The minimum Gasteiger partial charge on any atom is -0.497 e. The summed E-state index contributed by atoms with van der Waals surface area (Å²) in [6.07, 6.45) is 0. The van der Waals surface area contributed by atoms with Gasteiger partial charge in [0.15, 0.2) is 0 Å². The Morgan fingerprint density at radius 2 is 1.95 bits per heavy atom. The number of hydrogen-bond donors (Lipinski definition) is 1. The summed E-state index contributed by atoms with van der Waals surface area (Å²) in [5.41, 5.74) is 3.90. The number of ether oxygens (including phenoxy) is 1. The molecule has 1 unspecified atom stereocenters. The molecule has 1 N–H and O–H groups in total. The van der Waals surface area contributed by atoms with Crippen molar-refractivity contribution in [2.45, 2.75) is 24.8 Å². The lowest BCUT2D eigenvalue weighted by atomic mass is 10.0. The van der Waals surface area contributed by atoms with Crippen molar-refractivity contribution in [3.63, 3.8) is 0 Å². The average molecular weight is 301 g/mol. The van der Waals surface area contributed by atoms with Gasteiger partial charge in [0.05, 0.1) is 7.11 Å². The maximum Gasteiger partial charge on any atom is 0.119 e. The average Bonchev–Trinajstić information content (AvgIpc) is 2.49. The van der Waals surface area contributed by atoms with Crippen molar-refractivity contribution >= 4 is 11.8 Å². The fraction of sp³-hybridized carbons (Fsp3) is 0.333. The zero-order chi connectivity index (χ0) is 15.2. The van der Waals surface area contributed by atoms with Gasteiger partial charge in [0.25, 0.3) is 0 Å². The van der Waals surface area contributed by atoms with Gasteiger partial charge in [0, 0.05) is 16.7 Å². The Kier molecular flexibility index (Phi) is 5.71. The second kappa shape index (κ2) is 7.53. The van der Waals surface area contributed by atoms with E-state index in [4.69, 9.17) is 4.74 Å². The molecular formula is C18H23NOS. The molecular weight excluding hydrogens is 278 g/mol. The van der Waals surface area contributed by atoms with E-state index >= 15 is 0 Å². The summed E-state index contributed by atoms with van der Waals surface area (Å²) in [4.78, 5) is 1.32. The fourth-order valence-corrected chi connectivity index (χ4v) is 3.53. The van der Waals surface area contributed by atoms with Gasteiger partial charge in [0.1, 0.15) is 5.75 Å². The summed E-state index contributed by atoms with van der Waals surface area (Å²) in [5, 5.41) is 3.42. The molecule has 21 heavy (non-hydrogen) atoms. The van der Waals surface area contributed by atoms with E-state index in [-0.39, 0.29) is 0 Å². The quantitative estimate of drug-likeness (QED) is 0.801. The third-order valence-corrected chi connectivity index (χ3v) is 4.69. The summed E-state index contributed by atoms with van der Waals surface area (Å²) in [7, 11) is 3.72. The SMILES string of the molecule is CNC(CSc1cccc(C)c1)c1ccc(OC)cc1C. The molecule has 0 saturated carbocycles. The number of rotatable bonds is 6. The van der Waals surface area contributed by atoms with Gasteiger partial charge < -0.3 is 10.1 Å². The highest BCUT2D eigenvalue weighted by molar-refractivity contribution is 7.99. The van der Waals surface area contributed by atoms with Gasteiger partial charge in [-0.15, -0.1) is 11.8 Å². The van der Waals surface area contributed by atoms with Crippen molar-refractivity contribution in [2.24, 2.45) is 0 Å². The number of nitrogens with one attached hydrogen (secondary N) is 1. The molecule has 2 aromatic rings. The van der Waals surface area contributed by atoms with Crippen LogP contribution in [0.5, 0.6) is 5.75 Å². The second-order valence-electron chi connectivity index (χ2n) is 5.19. The smallest absolute Gasteiger partial charge is 0.119 e. The zero-order valence-electron chi connectivity index (χ0n) is 13.1. The summed E-state index contributed by atoms with van der Waals surface area (Å²) < 4.78 is 5.28. The van der Waals surface area contributed by atoms with Crippen molar-refractivity contribution in [1.82, 2.24) is 5.32 Å². The van der Waals surface area contributed by atoms with Crippen LogP contribution in [0.4, 0.5) is 0 Å². The molecule has 0 aliphatic carbocycles. The van der Waals surface area contributed by atoms with E-state index in [2.05, 4.69) is 55.6 Å². The first-order chi connectivity index (χ1) is 10.1. The van der Waals surface area contributed by atoms with Crippen molar-refractivity contribution in [1.29, 1.82) is 0 Å². The maximum atomic E-state index is 5.28. The van der Waals surface area contributed by atoms with Gasteiger partial charge in [-0.2, -0.15) is 0 Å². The van der Waals surface area contributed by atoms with Crippen LogP contribution in [0.2, 0.25) is 0 Å². The largest absolute Gasteiger partial charge is 0.497 e. The Morgan fingerprint density at radius 1 is 1.14 bits per heavy atom. The molecule has 2 rings (SSSR count). The first-order valence-corrected chi connectivity index (χ1v) is 8.14. The predicted molar refractivity (Wildman–Crippen MR) is 91.4 cm³/mol. The Balaban J connectivity index is 2.09. The van der Waals surface area contributed by atoms with Crippen molar-refractivity contribution < 1.29 is 4.74 Å². The van der Waals surface area contributed by atoms with E-state index in [1.807, 2.05) is 24.9 Å². The number of aryl methyl sites for hydroxylation is 2. The molecule has 2 nitrogen and oxygen atoms in total. The van der Waals surface area contributed by atoms with E-state index in [0.717, 1.165) is 11.5 Å². The van der Waals surface area contributed by atoms with E-state index in [0.29, 0.717) is 6.04 Å². The number of benzene rings is 2.